The van der Waals surface area contributed by atoms with Crippen molar-refractivity contribution in [2.75, 3.05) is 59.7 Å². The molecule has 0 radical (unpaired) electrons. The van der Waals surface area contributed by atoms with Crippen molar-refractivity contribution < 1.29 is 28.5 Å². The van der Waals surface area contributed by atoms with Crippen LogP contribution in [0.5, 0.6) is 28.7 Å². The highest BCUT2D eigenvalue weighted by atomic mass is 32.2. The number of rotatable bonds is 11. The number of amides is 1. The highest BCUT2D eigenvalue weighted by Crippen LogP contribution is 2.53. The van der Waals surface area contributed by atoms with Gasteiger partial charge in [-0.1, -0.05) is 18.2 Å². The molecule has 1 amide bonds. The number of ether oxygens (including phenoxy) is 5. The number of nitrogens with zero attached hydrogens (tertiary/aromatic N) is 2. The van der Waals surface area contributed by atoms with Crippen LogP contribution in [0.4, 0.5) is 5.69 Å². The summed E-state index contributed by atoms with van der Waals surface area (Å²) in [5.41, 5.74) is 1.84. The lowest BCUT2D eigenvalue weighted by atomic mass is 9.90. The van der Waals surface area contributed by atoms with E-state index in [-0.39, 0.29) is 12.7 Å². The van der Waals surface area contributed by atoms with Gasteiger partial charge in [0.15, 0.2) is 23.0 Å². The molecule has 3 aromatic rings. The topological polar surface area (TPSA) is 69.7 Å². The fraction of sp³-hybridized carbons (Fsp3) is 0.367. The first kappa shape index (κ1) is 27.0. The molecule has 5 rings (SSSR count). The molecule has 206 valence electrons. The quantitative estimate of drug-likeness (QED) is 0.323. The Bertz CT molecular complexity index is 1330. The molecule has 0 bridgehead atoms. The number of methoxy groups -OCH3 is 2. The second-order valence-electron chi connectivity index (χ2n) is 9.60. The summed E-state index contributed by atoms with van der Waals surface area (Å²) in [5.74, 6) is 3.52. The van der Waals surface area contributed by atoms with Gasteiger partial charge in [-0.25, -0.2) is 0 Å². The highest BCUT2D eigenvalue weighted by molar-refractivity contribution is 8.01. The van der Waals surface area contributed by atoms with E-state index < -0.39 is 4.75 Å². The minimum absolute atomic E-state index is 0.0622. The summed E-state index contributed by atoms with van der Waals surface area (Å²) < 4.78 is 27.0. The smallest absolute Gasteiger partial charge is 0.247 e. The van der Waals surface area contributed by atoms with Gasteiger partial charge in [-0.05, 0) is 68.4 Å². The molecule has 0 aromatic heterocycles. The van der Waals surface area contributed by atoms with Crippen molar-refractivity contribution in [1.29, 1.82) is 0 Å². The first-order chi connectivity index (χ1) is 18.9. The van der Waals surface area contributed by atoms with Crippen LogP contribution in [0.3, 0.4) is 0 Å². The van der Waals surface area contributed by atoms with Gasteiger partial charge in [0, 0.05) is 24.6 Å². The van der Waals surface area contributed by atoms with E-state index in [2.05, 4.69) is 18.0 Å². The zero-order chi connectivity index (χ0) is 27.4. The standard InChI is InChI=1S/C30H34N2O6S/c1-31(16-17-36-22-11-13-25-27(19-22)38-20-37-25)15-7-14-30(21-10-12-24(34-3)26(18-21)35-4)29(33)32(2)23-8-5-6-9-28(23)39-30/h5-6,8-13,18-19H,7,14-17,20H2,1-4H3. The van der Waals surface area contributed by atoms with Gasteiger partial charge >= 0.3 is 0 Å². The van der Waals surface area contributed by atoms with Crippen LogP contribution < -0.4 is 28.6 Å². The summed E-state index contributed by atoms with van der Waals surface area (Å²) in [7, 11) is 7.16. The van der Waals surface area contributed by atoms with Gasteiger partial charge < -0.3 is 33.5 Å². The molecule has 0 fully saturated rings. The van der Waals surface area contributed by atoms with Gasteiger partial charge in [-0.15, -0.1) is 11.8 Å². The molecule has 2 aliphatic heterocycles. The number of fused-ring (bicyclic) bond motifs is 2. The van der Waals surface area contributed by atoms with Gasteiger partial charge in [-0.2, -0.15) is 0 Å². The average Bonchev–Trinajstić information content (AvgIpc) is 3.43. The number of carbonyl (C=O) groups is 1. The van der Waals surface area contributed by atoms with E-state index in [0.717, 1.165) is 47.2 Å². The zero-order valence-corrected chi connectivity index (χ0v) is 23.6. The van der Waals surface area contributed by atoms with Crippen molar-refractivity contribution in [3.8, 4) is 28.7 Å². The van der Waals surface area contributed by atoms with Crippen LogP contribution in [0.15, 0.2) is 65.6 Å². The van der Waals surface area contributed by atoms with Gasteiger partial charge in [0.25, 0.3) is 0 Å². The third-order valence-corrected chi connectivity index (χ3v) is 8.69. The minimum atomic E-state index is -0.785. The van der Waals surface area contributed by atoms with Crippen molar-refractivity contribution in [3.05, 3.63) is 66.2 Å². The number of carbonyl (C=O) groups excluding carboxylic acids is 1. The maximum absolute atomic E-state index is 14.0. The van der Waals surface area contributed by atoms with E-state index in [4.69, 9.17) is 23.7 Å². The Morgan fingerprint density at radius 1 is 0.974 bits per heavy atom. The molecule has 8 nitrogen and oxygen atoms in total. The van der Waals surface area contributed by atoms with Crippen LogP contribution in [-0.2, 0) is 9.54 Å². The van der Waals surface area contributed by atoms with Crippen LogP contribution in [0.1, 0.15) is 18.4 Å². The van der Waals surface area contributed by atoms with Crippen LogP contribution in [0, 0.1) is 0 Å². The summed E-state index contributed by atoms with van der Waals surface area (Å²) in [6.45, 7) is 2.36. The van der Waals surface area contributed by atoms with E-state index in [1.807, 2.05) is 61.6 Å². The molecule has 9 heteroatoms. The van der Waals surface area contributed by atoms with E-state index in [0.29, 0.717) is 30.3 Å². The zero-order valence-electron chi connectivity index (χ0n) is 22.8. The molecule has 2 aliphatic rings. The summed E-state index contributed by atoms with van der Waals surface area (Å²) in [6.07, 6.45) is 1.49. The van der Waals surface area contributed by atoms with Gasteiger partial charge in [0.05, 0.1) is 19.9 Å². The molecule has 2 heterocycles. The lowest BCUT2D eigenvalue weighted by Gasteiger charge is -2.41. The molecule has 0 saturated carbocycles. The highest BCUT2D eigenvalue weighted by Gasteiger charge is 2.47. The Kier molecular flexibility index (Phi) is 8.09. The van der Waals surface area contributed by atoms with Crippen molar-refractivity contribution in [3.63, 3.8) is 0 Å². The van der Waals surface area contributed by atoms with Crippen molar-refractivity contribution in [2.45, 2.75) is 22.5 Å². The summed E-state index contributed by atoms with van der Waals surface area (Å²) in [6, 6.07) is 19.5. The second kappa shape index (κ2) is 11.7. The Balaban J connectivity index is 1.28. The minimum Gasteiger partial charge on any atom is -0.493 e. The van der Waals surface area contributed by atoms with Crippen LogP contribution in [0.2, 0.25) is 0 Å². The maximum atomic E-state index is 14.0. The van der Waals surface area contributed by atoms with E-state index >= 15 is 0 Å². The van der Waals surface area contributed by atoms with Crippen LogP contribution in [-0.4, -0.2) is 65.6 Å². The average molecular weight is 551 g/mol. The largest absolute Gasteiger partial charge is 0.493 e. The van der Waals surface area contributed by atoms with E-state index in [1.165, 1.54) is 0 Å². The Labute approximate surface area is 233 Å². The lowest BCUT2D eigenvalue weighted by molar-refractivity contribution is -0.121. The molecule has 1 unspecified atom stereocenters. The number of benzene rings is 3. The Morgan fingerprint density at radius 2 is 1.77 bits per heavy atom. The number of thioether (sulfide) groups is 1. The summed E-state index contributed by atoms with van der Waals surface area (Å²) in [5, 5.41) is 0. The summed E-state index contributed by atoms with van der Waals surface area (Å²) in [4.78, 5) is 19.1. The van der Waals surface area contributed by atoms with Gasteiger partial charge in [0.1, 0.15) is 17.1 Å². The predicted molar refractivity (Wildman–Crippen MR) is 152 cm³/mol. The predicted octanol–water partition coefficient (Wildman–Crippen LogP) is 5.19. The van der Waals surface area contributed by atoms with Crippen LogP contribution >= 0.6 is 11.8 Å². The number of anilines is 1. The van der Waals surface area contributed by atoms with E-state index in [9.17, 15) is 4.79 Å². The van der Waals surface area contributed by atoms with Gasteiger partial charge in [-0.3, -0.25) is 4.79 Å². The first-order valence-corrected chi connectivity index (χ1v) is 13.8. The fourth-order valence-electron chi connectivity index (χ4n) is 5.00. The molecule has 1 atom stereocenters. The Morgan fingerprint density at radius 3 is 2.59 bits per heavy atom. The van der Waals surface area contributed by atoms with E-state index in [1.54, 1.807) is 30.9 Å². The number of hydrogen-bond donors (Lipinski definition) is 0. The van der Waals surface area contributed by atoms with Crippen molar-refractivity contribution in [2.24, 2.45) is 0 Å². The third-order valence-electron chi connectivity index (χ3n) is 7.17. The lowest BCUT2D eigenvalue weighted by Crippen LogP contribution is -2.46. The second-order valence-corrected chi connectivity index (χ2v) is 10.9. The molecule has 0 spiro atoms. The van der Waals surface area contributed by atoms with Crippen molar-refractivity contribution in [1.82, 2.24) is 4.90 Å². The Hall–Kier alpha value is -3.56. The first-order valence-electron chi connectivity index (χ1n) is 12.9. The monoisotopic (exact) mass is 550 g/mol. The maximum Gasteiger partial charge on any atom is 0.247 e. The number of hydrogen-bond acceptors (Lipinski definition) is 8. The molecule has 3 aromatic carbocycles. The van der Waals surface area contributed by atoms with Gasteiger partial charge in [0.2, 0.25) is 12.7 Å². The summed E-state index contributed by atoms with van der Waals surface area (Å²) >= 11 is 1.63. The molecule has 0 aliphatic carbocycles. The normalized spacial score (nSPS) is 17.8. The third kappa shape index (κ3) is 5.46. The molecule has 39 heavy (non-hydrogen) atoms. The molecular formula is C30H34N2O6S. The van der Waals surface area contributed by atoms with Crippen LogP contribution in [0.25, 0.3) is 0 Å². The molecule has 0 N–H and O–H groups in total. The molecular weight excluding hydrogens is 516 g/mol. The number of para-hydroxylation sites is 1. The number of likely N-dealkylation sites (N-methyl/N-ethyl adjacent to an activating group) is 2. The molecule has 0 saturated heterocycles. The van der Waals surface area contributed by atoms with Crippen molar-refractivity contribution >= 4 is 23.4 Å². The SMILES string of the molecule is COc1ccc(C2(CCCN(C)CCOc3ccc4c(c3)OCO4)Sc3ccccc3N(C)C2=O)cc1OC. The fourth-order valence-corrected chi connectivity index (χ4v) is 6.55.